The zero-order valence-corrected chi connectivity index (χ0v) is 10.2. The number of nitrogens with one attached hydrogen (secondary N) is 2. The summed E-state index contributed by atoms with van der Waals surface area (Å²) in [6.45, 7) is 0. The average molecular weight is 251 g/mol. The highest BCUT2D eigenvalue weighted by Crippen LogP contribution is 2.20. The van der Waals surface area contributed by atoms with Crippen LogP contribution in [0.15, 0.2) is 18.2 Å². The molecule has 1 aliphatic rings. The molecule has 0 bridgehead atoms. The minimum absolute atomic E-state index is 0.216. The van der Waals surface area contributed by atoms with Gasteiger partial charge < -0.3 is 16.4 Å². The summed E-state index contributed by atoms with van der Waals surface area (Å²) in [5.41, 5.74) is 6.33. The third-order valence-electron chi connectivity index (χ3n) is 3.20. The Bertz CT molecular complexity index is 430. The van der Waals surface area contributed by atoms with Crippen molar-refractivity contribution >= 4 is 17.4 Å². The van der Waals surface area contributed by atoms with E-state index in [2.05, 4.69) is 10.6 Å². The molecule has 2 rings (SSSR count). The Balaban J connectivity index is 1.92. The summed E-state index contributed by atoms with van der Waals surface area (Å²) < 4.78 is 13.0. The van der Waals surface area contributed by atoms with E-state index in [1.165, 1.54) is 24.6 Å². The van der Waals surface area contributed by atoms with Crippen LogP contribution in [0, 0.1) is 5.82 Å². The molecular weight excluding hydrogens is 233 g/mol. The van der Waals surface area contributed by atoms with E-state index in [4.69, 9.17) is 5.73 Å². The van der Waals surface area contributed by atoms with Gasteiger partial charge >= 0.3 is 6.03 Å². The molecule has 4 nitrogen and oxygen atoms in total. The molecule has 98 valence electrons. The molecule has 0 radical (unpaired) electrons. The number of carbonyl (C=O) groups is 1. The van der Waals surface area contributed by atoms with Crippen molar-refractivity contribution in [1.29, 1.82) is 0 Å². The number of urea groups is 1. The van der Waals surface area contributed by atoms with Crippen LogP contribution < -0.4 is 16.4 Å². The van der Waals surface area contributed by atoms with Crippen molar-refractivity contribution in [1.82, 2.24) is 5.32 Å². The normalized spacial score (nSPS) is 16.3. The summed E-state index contributed by atoms with van der Waals surface area (Å²) in [5, 5.41) is 5.47. The van der Waals surface area contributed by atoms with Gasteiger partial charge in [0.25, 0.3) is 0 Å². The number of carbonyl (C=O) groups excluding carboxylic acids is 1. The average Bonchev–Trinajstić information content (AvgIpc) is 2.35. The lowest BCUT2D eigenvalue weighted by Gasteiger charge is -2.23. The van der Waals surface area contributed by atoms with Crippen molar-refractivity contribution in [3.8, 4) is 0 Å². The van der Waals surface area contributed by atoms with Crippen molar-refractivity contribution in [2.45, 2.75) is 38.1 Å². The number of hydrogen-bond acceptors (Lipinski definition) is 2. The number of halogens is 1. The lowest BCUT2D eigenvalue weighted by molar-refractivity contribution is 0.244. The van der Waals surface area contributed by atoms with Crippen molar-refractivity contribution < 1.29 is 9.18 Å². The molecule has 1 aliphatic carbocycles. The number of amides is 2. The van der Waals surface area contributed by atoms with E-state index in [9.17, 15) is 9.18 Å². The molecule has 1 fully saturated rings. The first kappa shape index (κ1) is 12.7. The fourth-order valence-corrected chi connectivity index (χ4v) is 2.23. The van der Waals surface area contributed by atoms with Crippen LogP contribution in [0.3, 0.4) is 0 Å². The largest absolute Gasteiger partial charge is 0.397 e. The first-order valence-corrected chi connectivity index (χ1v) is 6.27. The lowest BCUT2D eigenvalue weighted by Crippen LogP contribution is -2.39. The highest BCUT2D eigenvalue weighted by molar-refractivity contribution is 5.92. The van der Waals surface area contributed by atoms with Gasteiger partial charge in [-0.05, 0) is 31.0 Å². The fourth-order valence-electron chi connectivity index (χ4n) is 2.23. The predicted molar refractivity (Wildman–Crippen MR) is 69.8 cm³/mol. The summed E-state index contributed by atoms with van der Waals surface area (Å²) in [6.07, 6.45) is 5.54. The van der Waals surface area contributed by atoms with Gasteiger partial charge in [-0.1, -0.05) is 19.3 Å². The predicted octanol–water partition coefficient (Wildman–Crippen LogP) is 2.86. The van der Waals surface area contributed by atoms with Gasteiger partial charge in [0.05, 0.1) is 11.4 Å². The van der Waals surface area contributed by atoms with E-state index in [1.807, 2.05) is 0 Å². The molecule has 1 aromatic carbocycles. The minimum Gasteiger partial charge on any atom is -0.397 e. The van der Waals surface area contributed by atoms with Gasteiger partial charge in [-0.15, -0.1) is 0 Å². The second-order valence-electron chi connectivity index (χ2n) is 4.66. The van der Waals surface area contributed by atoms with Crippen LogP contribution in [0.25, 0.3) is 0 Å². The Labute approximate surface area is 106 Å². The third kappa shape index (κ3) is 3.35. The molecule has 0 saturated heterocycles. The van der Waals surface area contributed by atoms with Crippen LogP contribution in [0.5, 0.6) is 0 Å². The second-order valence-corrected chi connectivity index (χ2v) is 4.66. The Morgan fingerprint density at radius 1 is 1.28 bits per heavy atom. The van der Waals surface area contributed by atoms with Crippen molar-refractivity contribution in [2.75, 3.05) is 11.1 Å². The third-order valence-corrected chi connectivity index (χ3v) is 3.20. The smallest absolute Gasteiger partial charge is 0.319 e. The molecule has 0 aliphatic heterocycles. The van der Waals surface area contributed by atoms with Crippen molar-refractivity contribution in [3.05, 3.63) is 24.0 Å². The zero-order chi connectivity index (χ0) is 13.0. The molecule has 1 aromatic rings. The van der Waals surface area contributed by atoms with E-state index in [1.54, 1.807) is 0 Å². The monoisotopic (exact) mass is 251 g/mol. The van der Waals surface area contributed by atoms with Gasteiger partial charge in [0.1, 0.15) is 5.82 Å². The summed E-state index contributed by atoms with van der Waals surface area (Å²) in [5.74, 6) is -0.419. The molecule has 0 heterocycles. The van der Waals surface area contributed by atoms with Crippen LogP contribution >= 0.6 is 0 Å². The highest BCUT2D eigenvalue weighted by atomic mass is 19.1. The molecule has 0 atom stereocenters. The maximum Gasteiger partial charge on any atom is 0.319 e. The molecule has 0 unspecified atom stereocenters. The minimum atomic E-state index is -0.419. The van der Waals surface area contributed by atoms with Crippen molar-refractivity contribution in [2.24, 2.45) is 0 Å². The zero-order valence-electron chi connectivity index (χ0n) is 10.2. The van der Waals surface area contributed by atoms with Crippen LogP contribution in [0.2, 0.25) is 0 Å². The number of anilines is 2. The van der Waals surface area contributed by atoms with E-state index >= 15 is 0 Å². The van der Waals surface area contributed by atoms with Crippen molar-refractivity contribution in [3.63, 3.8) is 0 Å². The Morgan fingerprint density at radius 2 is 2.00 bits per heavy atom. The fraction of sp³-hybridized carbons (Fsp3) is 0.462. The van der Waals surface area contributed by atoms with E-state index in [0.29, 0.717) is 11.4 Å². The van der Waals surface area contributed by atoms with Gasteiger partial charge in [-0.3, -0.25) is 0 Å². The Kier molecular flexibility index (Phi) is 4.02. The molecule has 18 heavy (non-hydrogen) atoms. The van der Waals surface area contributed by atoms with Crippen LogP contribution in [-0.4, -0.2) is 12.1 Å². The summed E-state index contributed by atoms with van der Waals surface area (Å²) in [4.78, 5) is 11.7. The number of nitrogen functional groups attached to an aromatic ring is 1. The molecule has 4 N–H and O–H groups in total. The molecule has 5 heteroatoms. The van der Waals surface area contributed by atoms with Gasteiger partial charge in [0, 0.05) is 6.04 Å². The molecule has 1 saturated carbocycles. The van der Waals surface area contributed by atoms with Crippen LogP contribution in [0.1, 0.15) is 32.1 Å². The second kappa shape index (κ2) is 5.71. The summed E-state index contributed by atoms with van der Waals surface area (Å²) in [7, 11) is 0. The molecule has 0 aromatic heterocycles. The van der Waals surface area contributed by atoms with Gasteiger partial charge in [0.15, 0.2) is 0 Å². The number of rotatable bonds is 2. The van der Waals surface area contributed by atoms with E-state index < -0.39 is 5.82 Å². The lowest BCUT2D eigenvalue weighted by atomic mass is 9.96. The number of benzene rings is 1. The standard InChI is InChI=1S/C13H18FN3O/c14-9-6-7-11(15)12(8-9)17-13(18)16-10-4-2-1-3-5-10/h6-8,10H,1-5,15H2,(H2,16,17,18). The first-order chi connectivity index (χ1) is 8.65. The Hall–Kier alpha value is -1.78. The topological polar surface area (TPSA) is 67.1 Å². The van der Waals surface area contributed by atoms with E-state index in [0.717, 1.165) is 25.7 Å². The summed E-state index contributed by atoms with van der Waals surface area (Å²) in [6, 6.07) is 3.81. The SMILES string of the molecule is Nc1ccc(F)cc1NC(=O)NC1CCCCC1. The maximum absolute atomic E-state index is 13.0. The number of nitrogens with two attached hydrogens (primary N) is 1. The van der Waals surface area contributed by atoms with E-state index in [-0.39, 0.29) is 12.1 Å². The molecular formula is C13H18FN3O. The van der Waals surface area contributed by atoms with Gasteiger partial charge in [-0.2, -0.15) is 0 Å². The maximum atomic E-state index is 13.0. The van der Waals surface area contributed by atoms with Crippen LogP contribution in [-0.2, 0) is 0 Å². The Morgan fingerprint density at radius 3 is 2.72 bits per heavy atom. The summed E-state index contributed by atoms with van der Waals surface area (Å²) >= 11 is 0. The first-order valence-electron chi connectivity index (χ1n) is 6.27. The van der Waals surface area contributed by atoms with Gasteiger partial charge in [-0.25, -0.2) is 9.18 Å². The molecule has 2 amide bonds. The van der Waals surface area contributed by atoms with Crippen LogP contribution in [0.4, 0.5) is 20.6 Å². The molecule has 0 spiro atoms. The quantitative estimate of drug-likeness (QED) is 0.707. The highest BCUT2D eigenvalue weighted by Gasteiger charge is 2.16. The van der Waals surface area contributed by atoms with Gasteiger partial charge in [0.2, 0.25) is 0 Å². The number of hydrogen-bond donors (Lipinski definition) is 3.